The van der Waals surface area contributed by atoms with Crippen LogP contribution in [0.15, 0.2) is 34.9 Å². The molecule has 1 N–H and O–H groups in total. The molecule has 0 saturated carbocycles. The van der Waals surface area contributed by atoms with E-state index in [1.807, 2.05) is 13.0 Å². The summed E-state index contributed by atoms with van der Waals surface area (Å²) in [6.45, 7) is 7.30. The Morgan fingerprint density at radius 3 is 2.67 bits per heavy atom. The first-order chi connectivity index (χ1) is 10.2. The van der Waals surface area contributed by atoms with E-state index in [9.17, 15) is 0 Å². The van der Waals surface area contributed by atoms with Crippen LogP contribution in [0.2, 0.25) is 0 Å². The Labute approximate surface area is 127 Å². The van der Waals surface area contributed by atoms with Crippen molar-refractivity contribution in [2.24, 2.45) is 0 Å². The fourth-order valence-corrected chi connectivity index (χ4v) is 2.65. The van der Waals surface area contributed by atoms with Gasteiger partial charge >= 0.3 is 0 Å². The summed E-state index contributed by atoms with van der Waals surface area (Å²) in [4.78, 5) is 0. The zero-order valence-corrected chi connectivity index (χ0v) is 13.4. The zero-order valence-electron chi connectivity index (χ0n) is 13.4. The van der Waals surface area contributed by atoms with Crippen LogP contribution in [0.5, 0.6) is 5.75 Å². The second-order valence-electron chi connectivity index (χ2n) is 5.46. The van der Waals surface area contributed by atoms with Crippen LogP contribution in [0, 0.1) is 13.8 Å². The quantitative estimate of drug-likeness (QED) is 0.829. The number of hydrogen-bond donors (Lipinski definition) is 1. The molecule has 1 aromatic heterocycles. The van der Waals surface area contributed by atoms with Crippen LogP contribution in [-0.2, 0) is 6.42 Å². The Kier molecular flexibility index (Phi) is 5.45. The second kappa shape index (κ2) is 7.32. The van der Waals surface area contributed by atoms with Crippen LogP contribution >= 0.6 is 0 Å². The van der Waals surface area contributed by atoms with Crippen molar-refractivity contribution in [1.29, 1.82) is 0 Å². The average molecular weight is 287 g/mol. The first kappa shape index (κ1) is 15.6. The maximum Gasteiger partial charge on any atom is 0.122 e. The summed E-state index contributed by atoms with van der Waals surface area (Å²) in [7, 11) is 1.73. The van der Waals surface area contributed by atoms with Gasteiger partial charge in [-0.25, -0.2) is 0 Å². The van der Waals surface area contributed by atoms with Crippen LogP contribution < -0.4 is 10.1 Å². The summed E-state index contributed by atoms with van der Waals surface area (Å²) in [5.74, 6) is 1.93. The molecule has 1 heterocycles. The SMILES string of the molecule is CCCNC(Cc1cc(C)ccc1OC)c1ccoc1C. The lowest BCUT2D eigenvalue weighted by molar-refractivity contribution is 0.404. The molecule has 1 atom stereocenters. The molecule has 2 rings (SSSR count). The highest BCUT2D eigenvalue weighted by molar-refractivity contribution is 5.38. The van der Waals surface area contributed by atoms with E-state index in [2.05, 4.69) is 37.4 Å². The molecule has 0 aliphatic carbocycles. The third kappa shape index (κ3) is 3.88. The molecular formula is C18H25NO2. The lowest BCUT2D eigenvalue weighted by atomic mass is 9.97. The first-order valence-electron chi connectivity index (χ1n) is 7.56. The highest BCUT2D eigenvalue weighted by atomic mass is 16.5. The molecule has 1 unspecified atom stereocenters. The van der Waals surface area contributed by atoms with Crippen molar-refractivity contribution in [2.45, 2.75) is 39.7 Å². The van der Waals surface area contributed by atoms with Crippen molar-refractivity contribution in [3.05, 3.63) is 53.0 Å². The second-order valence-corrected chi connectivity index (χ2v) is 5.46. The summed E-state index contributed by atoms with van der Waals surface area (Å²) in [5.41, 5.74) is 3.71. The molecule has 3 nitrogen and oxygen atoms in total. The molecule has 0 bridgehead atoms. The van der Waals surface area contributed by atoms with Gasteiger partial charge < -0.3 is 14.5 Å². The summed E-state index contributed by atoms with van der Waals surface area (Å²) in [6.07, 6.45) is 3.77. The summed E-state index contributed by atoms with van der Waals surface area (Å²) >= 11 is 0. The van der Waals surface area contributed by atoms with Crippen LogP contribution in [0.4, 0.5) is 0 Å². The van der Waals surface area contributed by atoms with E-state index in [0.717, 1.165) is 30.9 Å². The smallest absolute Gasteiger partial charge is 0.122 e. The van der Waals surface area contributed by atoms with Gasteiger partial charge in [0.15, 0.2) is 0 Å². The molecule has 2 aromatic rings. The highest BCUT2D eigenvalue weighted by Gasteiger charge is 2.17. The van der Waals surface area contributed by atoms with Gasteiger partial charge in [-0.3, -0.25) is 0 Å². The van der Waals surface area contributed by atoms with Crippen LogP contribution in [-0.4, -0.2) is 13.7 Å². The van der Waals surface area contributed by atoms with Gasteiger partial charge in [0.05, 0.1) is 13.4 Å². The van der Waals surface area contributed by atoms with E-state index in [1.165, 1.54) is 16.7 Å². The predicted octanol–water partition coefficient (Wildman–Crippen LogP) is 4.19. The van der Waals surface area contributed by atoms with E-state index in [-0.39, 0.29) is 6.04 Å². The van der Waals surface area contributed by atoms with E-state index in [1.54, 1.807) is 13.4 Å². The maximum absolute atomic E-state index is 5.50. The van der Waals surface area contributed by atoms with Gasteiger partial charge in [0, 0.05) is 11.6 Å². The van der Waals surface area contributed by atoms with Crippen molar-refractivity contribution < 1.29 is 9.15 Å². The van der Waals surface area contributed by atoms with E-state index < -0.39 is 0 Å². The molecule has 114 valence electrons. The Morgan fingerprint density at radius 1 is 1.24 bits per heavy atom. The topological polar surface area (TPSA) is 34.4 Å². The number of rotatable bonds is 7. The summed E-state index contributed by atoms with van der Waals surface area (Å²) < 4.78 is 11.0. The lowest BCUT2D eigenvalue weighted by Gasteiger charge is -2.20. The van der Waals surface area contributed by atoms with Gasteiger partial charge in [0.2, 0.25) is 0 Å². The molecule has 0 amide bonds. The third-order valence-electron chi connectivity index (χ3n) is 3.78. The molecule has 1 aromatic carbocycles. The van der Waals surface area contributed by atoms with Crippen molar-refractivity contribution >= 4 is 0 Å². The number of aryl methyl sites for hydroxylation is 2. The Morgan fingerprint density at radius 2 is 2.05 bits per heavy atom. The van der Waals surface area contributed by atoms with Crippen LogP contribution in [0.3, 0.4) is 0 Å². The molecule has 0 spiro atoms. The molecule has 21 heavy (non-hydrogen) atoms. The fraction of sp³-hybridized carbons (Fsp3) is 0.444. The molecule has 0 radical (unpaired) electrons. The van der Waals surface area contributed by atoms with E-state index in [0.29, 0.717) is 0 Å². The molecular weight excluding hydrogens is 262 g/mol. The zero-order chi connectivity index (χ0) is 15.2. The van der Waals surface area contributed by atoms with Crippen molar-refractivity contribution in [2.75, 3.05) is 13.7 Å². The largest absolute Gasteiger partial charge is 0.496 e. The van der Waals surface area contributed by atoms with Gasteiger partial charge in [-0.05, 0) is 50.9 Å². The average Bonchev–Trinajstić information content (AvgIpc) is 2.90. The van der Waals surface area contributed by atoms with Gasteiger partial charge in [-0.1, -0.05) is 24.6 Å². The standard InChI is InChI=1S/C18H25NO2/c1-5-9-19-17(16-8-10-21-14(16)3)12-15-11-13(2)6-7-18(15)20-4/h6-8,10-11,17,19H,5,9,12H2,1-4H3. The number of benzene rings is 1. The molecule has 0 saturated heterocycles. The van der Waals surface area contributed by atoms with Gasteiger partial charge in [0.1, 0.15) is 11.5 Å². The maximum atomic E-state index is 5.50. The van der Waals surface area contributed by atoms with Gasteiger partial charge in [0.25, 0.3) is 0 Å². The van der Waals surface area contributed by atoms with Crippen molar-refractivity contribution in [1.82, 2.24) is 5.32 Å². The first-order valence-corrected chi connectivity index (χ1v) is 7.56. The Bertz CT molecular complexity index is 574. The number of ether oxygens (including phenoxy) is 1. The molecule has 0 aliphatic rings. The minimum Gasteiger partial charge on any atom is -0.496 e. The monoisotopic (exact) mass is 287 g/mol. The third-order valence-corrected chi connectivity index (χ3v) is 3.78. The van der Waals surface area contributed by atoms with E-state index >= 15 is 0 Å². The number of furan rings is 1. The molecule has 0 aliphatic heterocycles. The number of hydrogen-bond acceptors (Lipinski definition) is 3. The van der Waals surface area contributed by atoms with Gasteiger partial charge in [-0.15, -0.1) is 0 Å². The van der Waals surface area contributed by atoms with Crippen molar-refractivity contribution in [3.63, 3.8) is 0 Å². The Hall–Kier alpha value is -1.74. The van der Waals surface area contributed by atoms with Crippen LogP contribution in [0.25, 0.3) is 0 Å². The molecule has 3 heteroatoms. The van der Waals surface area contributed by atoms with E-state index in [4.69, 9.17) is 9.15 Å². The number of methoxy groups -OCH3 is 1. The Balaban J connectivity index is 2.26. The highest BCUT2D eigenvalue weighted by Crippen LogP contribution is 2.28. The number of nitrogens with one attached hydrogen (secondary N) is 1. The minimum absolute atomic E-state index is 0.249. The minimum atomic E-state index is 0.249. The summed E-state index contributed by atoms with van der Waals surface area (Å²) in [5, 5.41) is 3.62. The van der Waals surface area contributed by atoms with Crippen molar-refractivity contribution in [3.8, 4) is 5.75 Å². The fourth-order valence-electron chi connectivity index (χ4n) is 2.65. The molecule has 0 fully saturated rings. The lowest BCUT2D eigenvalue weighted by Crippen LogP contribution is -2.24. The van der Waals surface area contributed by atoms with Gasteiger partial charge in [-0.2, -0.15) is 0 Å². The predicted molar refractivity (Wildman–Crippen MR) is 85.9 cm³/mol. The normalized spacial score (nSPS) is 12.4. The summed E-state index contributed by atoms with van der Waals surface area (Å²) in [6, 6.07) is 8.64. The van der Waals surface area contributed by atoms with Crippen LogP contribution in [0.1, 0.15) is 41.8 Å².